The molecule has 0 bridgehead atoms. The Morgan fingerprint density at radius 1 is 1.29 bits per heavy atom. The first kappa shape index (κ1) is 15.6. The van der Waals surface area contributed by atoms with E-state index in [1.54, 1.807) is 17.4 Å². The Balaban J connectivity index is 2.23. The van der Waals surface area contributed by atoms with Crippen molar-refractivity contribution in [2.75, 3.05) is 0 Å². The summed E-state index contributed by atoms with van der Waals surface area (Å²) in [4.78, 5) is 26.8. The van der Waals surface area contributed by atoms with Crippen LogP contribution in [-0.4, -0.2) is 28.8 Å². The van der Waals surface area contributed by atoms with Crippen LogP contribution in [0.4, 0.5) is 0 Å². The molecular formula is C16H24N2O3. The first-order valence-corrected chi connectivity index (χ1v) is 7.52. The van der Waals surface area contributed by atoms with Gasteiger partial charge in [0.05, 0.1) is 12.5 Å². The molecule has 0 spiro atoms. The third-order valence-electron chi connectivity index (χ3n) is 3.77. The maximum Gasteiger partial charge on any atom is 0.246 e. The van der Waals surface area contributed by atoms with Crippen molar-refractivity contribution in [3.63, 3.8) is 0 Å². The average Bonchev–Trinajstić information content (AvgIpc) is 2.87. The van der Waals surface area contributed by atoms with Crippen LogP contribution in [0, 0.1) is 11.8 Å². The molecule has 0 aliphatic carbocycles. The molecule has 1 aliphatic rings. The number of hydrogen-bond donors (Lipinski definition) is 1. The fourth-order valence-electron chi connectivity index (χ4n) is 2.85. The second-order valence-corrected chi connectivity index (χ2v) is 6.48. The first-order valence-electron chi connectivity index (χ1n) is 7.52. The quantitative estimate of drug-likeness (QED) is 0.904. The van der Waals surface area contributed by atoms with E-state index in [0.29, 0.717) is 18.9 Å². The van der Waals surface area contributed by atoms with E-state index in [4.69, 9.17) is 4.42 Å². The minimum atomic E-state index is -0.421. The van der Waals surface area contributed by atoms with Crippen LogP contribution in [0.5, 0.6) is 0 Å². The fraction of sp³-hybridized carbons (Fsp3) is 0.625. The van der Waals surface area contributed by atoms with E-state index in [2.05, 4.69) is 5.32 Å². The Kier molecular flexibility index (Phi) is 4.70. The summed E-state index contributed by atoms with van der Waals surface area (Å²) >= 11 is 0. The van der Waals surface area contributed by atoms with Gasteiger partial charge in [0.1, 0.15) is 12.1 Å². The van der Waals surface area contributed by atoms with Crippen molar-refractivity contribution in [2.24, 2.45) is 11.8 Å². The largest absolute Gasteiger partial charge is 0.472 e. The predicted molar refractivity (Wildman–Crippen MR) is 79.3 cm³/mol. The summed E-state index contributed by atoms with van der Waals surface area (Å²) in [5.41, 5.74) is 0.909. The molecule has 0 saturated carbocycles. The summed E-state index contributed by atoms with van der Waals surface area (Å²) < 4.78 is 5.07. The van der Waals surface area contributed by atoms with E-state index >= 15 is 0 Å². The fourth-order valence-corrected chi connectivity index (χ4v) is 2.85. The maximum absolute atomic E-state index is 12.7. The molecule has 2 unspecified atom stereocenters. The summed E-state index contributed by atoms with van der Waals surface area (Å²) in [7, 11) is 0. The summed E-state index contributed by atoms with van der Waals surface area (Å²) in [6.45, 7) is 8.44. The molecule has 21 heavy (non-hydrogen) atoms. The van der Waals surface area contributed by atoms with E-state index in [1.807, 2.05) is 33.8 Å². The van der Waals surface area contributed by atoms with E-state index in [0.717, 1.165) is 5.56 Å². The van der Waals surface area contributed by atoms with Crippen LogP contribution >= 0.6 is 0 Å². The maximum atomic E-state index is 12.7. The molecule has 0 aromatic carbocycles. The van der Waals surface area contributed by atoms with Crippen LogP contribution in [0.2, 0.25) is 0 Å². The minimum absolute atomic E-state index is 0.00296. The monoisotopic (exact) mass is 292 g/mol. The van der Waals surface area contributed by atoms with Crippen LogP contribution in [-0.2, 0) is 16.1 Å². The average molecular weight is 292 g/mol. The third kappa shape index (κ3) is 3.46. The van der Waals surface area contributed by atoms with Crippen molar-refractivity contribution in [1.82, 2.24) is 10.2 Å². The predicted octanol–water partition coefficient (Wildman–Crippen LogP) is 2.18. The lowest BCUT2D eigenvalue weighted by Crippen LogP contribution is -2.64. The number of nitrogens with one attached hydrogen (secondary N) is 1. The Hall–Kier alpha value is -1.78. The molecule has 1 aromatic rings. The second-order valence-electron chi connectivity index (χ2n) is 6.48. The zero-order valence-electron chi connectivity index (χ0n) is 13.1. The first-order chi connectivity index (χ1) is 9.90. The number of carbonyl (C=O) groups is 2. The van der Waals surface area contributed by atoms with E-state index in [9.17, 15) is 9.59 Å². The highest BCUT2D eigenvalue weighted by atomic mass is 16.3. The highest BCUT2D eigenvalue weighted by Gasteiger charge is 2.41. The Labute approximate surface area is 125 Å². The summed E-state index contributed by atoms with van der Waals surface area (Å²) in [5.74, 6) is 0.369. The number of hydrogen-bond acceptors (Lipinski definition) is 3. The molecule has 1 N–H and O–H groups in total. The lowest BCUT2D eigenvalue weighted by molar-refractivity contribution is -0.152. The third-order valence-corrected chi connectivity index (χ3v) is 3.77. The van der Waals surface area contributed by atoms with Gasteiger partial charge in [-0.05, 0) is 24.3 Å². The summed E-state index contributed by atoms with van der Waals surface area (Å²) in [6.07, 6.45) is 3.87. The van der Waals surface area contributed by atoms with Crippen LogP contribution in [0.15, 0.2) is 23.0 Å². The number of nitrogens with zero attached hydrogens (tertiary/aromatic N) is 1. The smallest absolute Gasteiger partial charge is 0.246 e. The van der Waals surface area contributed by atoms with Crippen molar-refractivity contribution in [1.29, 1.82) is 0 Å². The van der Waals surface area contributed by atoms with Crippen LogP contribution in [0.3, 0.4) is 0 Å². The Bertz CT molecular complexity index is 494. The van der Waals surface area contributed by atoms with Crippen molar-refractivity contribution >= 4 is 11.8 Å². The van der Waals surface area contributed by atoms with Gasteiger partial charge >= 0.3 is 0 Å². The molecule has 5 nitrogen and oxygen atoms in total. The van der Waals surface area contributed by atoms with E-state index in [1.165, 1.54) is 0 Å². The zero-order chi connectivity index (χ0) is 15.6. The molecule has 5 heteroatoms. The molecule has 1 fully saturated rings. The highest BCUT2D eigenvalue weighted by Crippen LogP contribution is 2.22. The standard InChI is InChI=1S/C16H24N2O3/c1-10(2)7-13-16(20)18(8-12-5-6-21-9-12)14(11(3)4)15(19)17-13/h5-6,9-11,13-14H,7-8H2,1-4H3,(H,17,19). The number of piperazine rings is 1. The molecule has 1 aromatic heterocycles. The Morgan fingerprint density at radius 2 is 2.00 bits per heavy atom. The minimum Gasteiger partial charge on any atom is -0.472 e. The number of amides is 2. The van der Waals surface area contributed by atoms with Gasteiger partial charge < -0.3 is 14.6 Å². The molecule has 116 valence electrons. The van der Waals surface area contributed by atoms with E-state index in [-0.39, 0.29) is 17.7 Å². The SMILES string of the molecule is CC(C)CC1NC(=O)C(C(C)C)N(Cc2ccoc2)C1=O. The van der Waals surface area contributed by atoms with Gasteiger partial charge in [-0.25, -0.2) is 0 Å². The van der Waals surface area contributed by atoms with Gasteiger partial charge in [-0.3, -0.25) is 9.59 Å². The van der Waals surface area contributed by atoms with Gasteiger partial charge in [-0.2, -0.15) is 0 Å². The van der Waals surface area contributed by atoms with Crippen molar-refractivity contribution < 1.29 is 14.0 Å². The van der Waals surface area contributed by atoms with Crippen LogP contribution in [0.25, 0.3) is 0 Å². The van der Waals surface area contributed by atoms with Crippen molar-refractivity contribution in [3.8, 4) is 0 Å². The summed E-state index contributed by atoms with van der Waals surface area (Å²) in [6, 6.07) is 0.990. The topological polar surface area (TPSA) is 62.6 Å². The Morgan fingerprint density at radius 3 is 2.52 bits per heavy atom. The van der Waals surface area contributed by atoms with E-state index < -0.39 is 12.1 Å². The lowest BCUT2D eigenvalue weighted by atomic mass is 9.93. The molecule has 2 amide bonds. The molecule has 1 saturated heterocycles. The van der Waals surface area contributed by atoms with Gasteiger partial charge in [-0.15, -0.1) is 0 Å². The normalized spacial score (nSPS) is 23.0. The summed E-state index contributed by atoms with van der Waals surface area (Å²) in [5, 5.41) is 2.88. The molecule has 2 rings (SSSR count). The highest BCUT2D eigenvalue weighted by molar-refractivity contribution is 5.97. The van der Waals surface area contributed by atoms with Crippen molar-refractivity contribution in [3.05, 3.63) is 24.2 Å². The van der Waals surface area contributed by atoms with Gasteiger partial charge in [-0.1, -0.05) is 27.7 Å². The molecular weight excluding hydrogens is 268 g/mol. The molecule has 2 atom stereocenters. The number of carbonyl (C=O) groups excluding carboxylic acids is 2. The van der Waals surface area contributed by atoms with Gasteiger partial charge in [0, 0.05) is 12.1 Å². The van der Waals surface area contributed by atoms with Gasteiger partial charge in [0.2, 0.25) is 11.8 Å². The van der Waals surface area contributed by atoms with Crippen LogP contribution in [0.1, 0.15) is 39.7 Å². The number of furan rings is 1. The zero-order valence-corrected chi connectivity index (χ0v) is 13.1. The molecule has 0 radical (unpaired) electrons. The van der Waals surface area contributed by atoms with Gasteiger partial charge in [0.15, 0.2) is 0 Å². The molecule has 1 aliphatic heterocycles. The second kappa shape index (κ2) is 6.33. The molecule has 2 heterocycles. The number of rotatable bonds is 5. The lowest BCUT2D eigenvalue weighted by Gasteiger charge is -2.41. The van der Waals surface area contributed by atoms with Crippen molar-refractivity contribution in [2.45, 2.75) is 52.7 Å². The van der Waals surface area contributed by atoms with Gasteiger partial charge in [0.25, 0.3) is 0 Å². The van der Waals surface area contributed by atoms with Crippen LogP contribution < -0.4 is 5.32 Å².